The molecule has 1 N–H and O–H groups in total. The van der Waals surface area contributed by atoms with Gasteiger partial charge in [0.2, 0.25) is 0 Å². The maximum absolute atomic E-state index is 11.4. The van der Waals surface area contributed by atoms with Crippen LogP contribution in [0.15, 0.2) is 30.3 Å². The summed E-state index contributed by atoms with van der Waals surface area (Å²) >= 11 is 0. The van der Waals surface area contributed by atoms with Gasteiger partial charge in [0.1, 0.15) is 13.2 Å². The van der Waals surface area contributed by atoms with Gasteiger partial charge in [-0.05, 0) is 18.4 Å². The number of carboxylic acid groups (broad SMARTS) is 1. The van der Waals surface area contributed by atoms with E-state index >= 15 is 0 Å². The number of carboxylic acids is 1. The molecule has 0 radical (unpaired) electrons. The second kappa shape index (κ2) is 5.18. The number of benzene rings is 1. The summed E-state index contributed by atoms with van der Waals surface area (Å²) in [6.45, 7) is -0.151. The zero-order valence-electron chi connectivity index (χ0n) is 9.80. The lowest BCUT2D eigenvalue weighted by molar-refractivity contribution is -0.162. The molecule has 0 bridgehead atoms. The van der Waals surface area contributed by atoms with Gasteiger partial charge in [-0.2, -0.15) is 0 Å². The Morgan fingerprint density at radius 3 is 2.44 bits per heavy atom. The largest absolute Gasteiger partial charge is 0.479 e. The molecule has 18 heavy (non-hydrogen) atoms. The Hall–Kier alpha value is -1.88. The number of ether oxygens (including phenoxy) is 2. The van der Waals surface area contributed by atoms with E-state index in [0.29, 0.717) is 12.8 Å². The lowest BCUT2D eigenvalue weighted by Gasteiger charge is -2.11. The van der Waals surface area contributed by atoms with Crippen molar-refractivity contribution in [2.45, 2.75) is 25.0 Å². The highest BCUT2D eigenvalue weighted by Gasteiger charge is 2.52. The lowest BCUT2D eigenvalue weighted by Crippen LogP contribution is -2.29. The molecular weight excluding hydrogens is 236 g/mol. The number of hydrogen-bond acceptors (Lipinski definition) is 4. The number of carbonyl (C=O) groups excluding carboxylic acids is 1. The minimum atomic E-state index is -1.15. The zero-order chi connectivity index (χ0) is 13.0. The number of hydrogen-bond donors (Lipinski definition) is 1. The Labute approximate surface area is 104 Å². The van der Waals surface area contributed by atoms with Gasteiger partial charge in [-0.15, -0.1) is 0 Å². The Morgan fingerprint density at radius 1 is 1.22 bits per heavy atom. The Morgan fingerprint density at radius 2 is 1.89 bits per heavy atom. The van der Waals surface area contributed by atoms with Crippen LogP contribution in [0.25, 0.3) is 0 Å². The van der Waals surface area contributed by atoms with Gasteiger partial charge in [0.15, 0.2) is 5.60 Å². The molecular formula is C13H14O5. The summed E-state index contributed by atoms with van der Waals surface area (Å²) in [6, 6.07) is 9.26. The molecule has 5 heteroatoms. The molecule has 1 aromatic carbocycles. The first-order valence-corrected chi connectivity index (χ1v) is 5.69. The first-order chi connectivity index (χ1) is 8.62. The van der Waals surface area contributed by atoms with Crippen molar-refractivity contribution in [3.63, 3.8) is 0 Å². The van der Waals surface area contributed by atoms with Crippen molar-refractivity contribution < 1.29 is 24.2 Å². The van der Waals surface area contributed by atoms with Crippen molar-refractivity contribution in [3.8, 4) is 0 Å². The minimum Gasteiger partial charge on any atom is -0.479 e. The molecule has 0 saturated heterocycles. The summed E-state index contributed by atoms with van der Waals surface area (Å²) in [5.41, 5.74) is -0.267. The van der Waals surface area contributed by atoms with Crippen LogP contribution in [-0.4, -0.2) is 29.3 Å². The highest BCUT2D eigenvalue weighted by Crippen LogP contribution is 2.39. The standard InChI is InChI=1S/C13H14O5/c14-11(9-18-13(6-7-13)12(15)16)17-8-10-4-2-1-3-5-10/h1-5H,6-9H2,(H,15,16). The smallest absolute Gasteiger partial charge is 0.335 e. The molecule has 96 valence electrons. The monoisotopic (exact) mass is 250 g/mol. The number of rotatable bonds is 6. The van der Waals surface area contributed by atoms with Crippen molar-refractivity contribution in [1.82, 2.24) is 0 Å². The predicted octanol–water partition coefficient (Wildman–Crippen LogP) is 1.36. The average Bonchev–Trinajstić information content (AvgIpc) is 3.16. The van der Waals surface area contributed by atoms with Crippen LogP contribution < -0.4 is 0 Å². The zero-order valence-corrected chi connectivity index (χ0v) is 9.80. The quantitative estimate of drug-likeness (QED) is 0.772. The normalized spacial score (nSPS) is 16.0. The average molecular weight is 250 g/mol. The van der Waals surface area contributed by atoms with Crippen LogP contribution in [-0.2, 0) is 25.7 Å². The number of aliphatic carboxylic acids is 1. The second-order valence-electron chi connectivity index (χ2n) is 4.23. The van der Waals surface area contributed by atoms with Gasteiger partial charge in [-0.3, -0.25) is 0 Å². The van der Waals surface area contributed by atoms with E-state index in [-0.39, 0.29) is 13.2 Å². The topological polar surface area (TPSA) is 72.8 Å². The lowest BCUT2D eigenvalue weighted by atomic mass is 10.2. The first-order valence-electron chi connectivity index (χ1n) is 5.69. The van der Waals surface area contributed by atoms with Crippen LogP contribution >= 0.6 is 0 Å². The molecule has 1 aliphatic rings. The van der Waals surface area contributed by atoms with Crippen molar-refractivity contribution >= 4 is 11.9 Å². The van der Waals surface area contributed by atoms with Crippen molar-refractivity contribution in [2.75, 3.05) is 6.61 Å². The minimum absolute atomic E-state index is 0.170. The molecule has 0 atom stereocenters. The van der Waals surface area contributed by atoms with Crippen molar-refractivity contribution in [2.24, 2.45) is 0 Å². The summed E-state index contributed by atoms with van der Waals surface area (Å²) in [6.07, 6.45) is 0.905. The van der Waals surface area contributed by atoms with Crippen LogP contribution in [0.5, 0.6) is 0 Å². The molecule has 0 amide bonds. The van der Waals surface area contributed by atoms with E-state index in [2.05, 4.69) is 0 Å². The molecule has 5 nitrogen and oxygen atoms in total. The molecule has 0 unspecified atom stereocenters. The van der Waals surface area contributed by atoms with Gasteiger partial charge < -0.3 is 14.6 Å². The third kappa shape index (κ3) is 3.07. The Kier molecular flexibility index (Phi) is 3.62. The molecule has 0 aliphatic heterocycles. The van der Waals surface area contributed by atoms with Crippen LogP contribution in [0.4, 0.5) is 0 Å². The molecule has 1 fully saturated rings. The number of carbonyl (C=O) groups is 2. The van der Waals surface area contributed by atoms with Crippen molar-refractivity contribution in [1.29, 1.82) is 0 Å². The third-order valence-corrected chi connectivity index (χ3v) is 2.80. The second-order valence-corrected chi connectivity index (χ2v) is 4.23. The van der Waals surface area contributed by atoms with Gasteiger partial charge in [-0.1, -0.05) is 30.3 Å². The summed E-state index contributed by atoms with van der Waals surface area (Å²) in [4.78, 5) is 22.2. The Balaban J connectivity index is 1.72. The van der Waals surface area contributed by atoms with Gasteiger partial charge in [0.05, 0.1) is 0 Å². The number of esters is 1. The van der Waals surface area contributed by atoms with E-state index in [1.165, 1.54) is 0 Å². The van der Waals surface area contributed by atoms with Crippen molar-refractivity contribution in [3.05, 3.63) is 35.9 Å². The van der Waals surface area contributed by atoms with E-state index in [0.717, 1.165) is 5.56 Å². The maximum Gasteiger partial charge on any atom is 0.335 e. The fraction of sp³-hybridized carbons (Fsp3) is 0.385. The fourth-order valence-corrected chi connectivity index (χ4v) is 1.51. The van der Waals surface area contributed by atoms with Crippen LogP contribution in [0.2, 0.25) is 0 Å². The fourth-order valence-electron chi connectivity index (χ4n) is 1.51. The van der Waals surface area contributed by atoms with Crippen LogP contribution in [0.1, 0.15) is 18.4 Å². The molecule has 0 spiro atoms. The summed E-state index contributed by atoms with van der Waals surface area (Å²) < 4.78 is 10.1. The molecule has 0 heterocycles. The molecule has 0 aromatic heterocycles. The van der Waals surface area contributed by atoms with E-state index in [1.54, 1.807) is 0 Å². The van der Waals surface area contributed by atoms with E-state index < -0.39 is 17.5 Å². The van der Waals surface area contributed by atoms with Crippen LogP contribution in [0.3, 0.4) is 0 Å². The van der Waals surface area contributed by atoms with E-state index in [9.17, 15) is 9.59 Å². The van der Waals surface area contributed by atoms with Gasteiger partial charge >= 0.3 is 11.9 Å². The SMILES string of the molecule is O=C(COC1(C(=O)O)CC1)OCc1ccccc1. The highest BCUT2D eigenvalue weighted by atomic mass is 16.6. The molecule has 2 rings (SSSR count). The van der Waals surface area contributed by atoms with E-state index in [4.69, 9.17) is 14.6 Å². The first kappa shape index (κ1) is 12.6. The highest BCUT2D eigenvalue weighted by molar-refractivity contribution is 5.81. The summed E-state index contributed by atoms with van der Waals surface area (Å²) in [5.74, 6) is -1.57. The van der Waals surface area contributed by atoms with Gasteiger partial charge in [0.25, 0.3) is 0 Å². The summed E-state index contributed by atoms with van der Waals surface area (Å²) in [7, 11) is 0. The maximum atomic E-state index is 11.4. The van der Waals surface area contributed by atoms with Gasteiger partial charge in [0, 0.05) is 0 Å². The molecule has 1 aliphatic carbocycles. The van der Waals surface area contributed by atoms with Crippen LogP contribution in [0, 0.1) is 0 Å². The van der Waals surface area contributed by atoms with E-state index in [1.807, 2.05) is 30.3 Å². The molecule has 1 saturated carbocycles. The Bertz CT molecular complexity index is 436. The predicted molar refractivity (Wildman–Crippen MR) is 61.8 cm³/mol. The van der Waals surface area contributed by atoms with Gasteiger partial charge in [-0.25, -0.2) is 9.59 Å². The third-order valence-electron chi connectivity index (χ3n) is 2.80. The molecule has 1 aromatic rings. The summed E-state index contributed by atoms with van der Waals surface area (Å²) in [5, 5.41) is 8.85.